The maximum Gasteiger partial charge on any atom is 0.202 e. The lowest BCUT2D eigenvalue weighted by atomic mass is 10.4. The van der Waals surface area contributed by atoms with Crippen molar-refractivity contribution in [2.75, 3.05) is 46.2 Å². The van der Waals surface area contributed by atoms with E-state index < -0.39 is 0 Å². The fourth-order valence-corrected chi connectivity index (χ4v) is 1.65. The number of nitrogens with zero attached hydrogens (tertiary/aromatic N) is 3. The first-order valence-corrected chi connectivity index (χ1v) is 5.70. The van der Waals surface area contributed by atoms with Crippen LogP contribution in [0.5, 0.6) is 0 Å². The predicted octanol–water partition coefficient (Wildman–Crippen LogP) is 0.700. The molecule has 0 aliphatic heterocycles. The highest BCUT2D eigenvalue weighted by atomic mass is 32.1. The number of rotatable bonds is 7. The fourth-order valence-electron chi connectivity index (χ4n) is 1.01. The molecule has 0 spiro atoms. The van der Waals surface area contributed by atoms with Crippen molar-refractivity contribution in [2.24, 2.45) is 0 Å². The van der Waals surface area contributed by atoms with Crippen molar-refractivity contribution in [3.63, 3.8) is 0 Å². The average molecular weight is 230 g/mol. The van der Waals surface area contributed by atoms with Gasteiger partial charge in [0, 0.05) is 38.2 Å². The van der Waals surface area contributed by atoms with Crippen LogP contribution in [0, 0.1) is 0 Å². The number of methoxy groups -OCH3 is 1. The molecule has 1 heterocycles. The predicted molar refractivity (Wildman–Crippen MR) is 62.5 cm³/mol. The summed E-state index contributed by atoms with van der Waals surface area (Å²) in [6, 6.07) is 0. The van der Waals surface area contributed by atoms with Crippen LogP contribution < -0.4 is 5.32 Å². The molecule has 0 amide bonds. The van der Waals surface area contributed by atoms with Crippen molar-refractivity contribution in [3.8, 4) is 0 Å². The van der Waals surface area contributed by atoms with E-state index in [9.17, 15) is 0 Å². The number of hydrogen-bond donors (Lipinski definition) is 1. The van der Waals surface area contributed by atoms with Crippen molar-refractivity contribution in [1.29, 1.82) is 0 Å². The van der Waals surface area contributed by atoms with Crippen LogP contribution in [0.3, 0.4) is 0 Å². The number of likely N-dealkylation sites (N-methyl/N-ethyl adjacent to an activating group) is 1. The van der Waals surface area contributed by atoms with E-state index in [4.69, 9.17) is 4.74 Å². The van der Waals surface area contributed by atoms with Gasteiger partial charge < -0.3 is 15.0 Å². The quantitative estimate of drug-likeness (QED) is 0.699. The van der Waals surface area contributed by atoms with E-state index in [0.29, 0.717) is 6.61 Å². The second kappa shape index (κ2) is 6.71. The van der Waals surface area contributed by atoms with E-state index in [1.165, 1.54) is 11.5 Å². The molecule has 1 rings (SSSR count). The van der Waals surface area contributed by atoms with Crippen LogP contribution in [0.4, 0.5) is 5.13 Å². The Labute approximate surface area is 94.6 Å². The molecule has 0 aromatic carbocycles. The van der Waals surface area contributed by atoms with Gasteiger partial charge in [-0.2, -0.15) is 4.37 Å². The SMILES string of the molecule is COCCNc1nc(CCN(C)C)ns1. The van der Waals surface area contributed by atoms with Crippen molar-refractivity contribution < 1.29 is 4.74 Å². The highest BCUT2D eigenvalue weighted by Crippen LogP contribution is 2.10. The van der Waals surface area contributed by atoms with Crippen molar-refractivity contribution in [3.05, 3.63) is 5.82 Å². The van der Waals surface area contributed by atoms with Gasteiger partial charge in [0.05, 0.1) is 6.61 Å². The minimum atomic E-state index is 0.687. The molecule has 0 aliphatic rings. The molecule has 0 aliphatic carbocycles. The lowest BCUT2D eigenvalue weighted by molar-refractivity contribution is 0.211. The molecule has 0 bridgehead atoms. The normalized spacial score (nSPS) is 10.9. The third-order valence-electron chi connectivity index (χ3n) is 1.83. The summed E-state index contributed by atoms with van der Waals surface area (Å²) in [5.74, 6) is 0.911. The second-order valence-electron chi connectivity index (χ2n) is 3.49. The van der Waals surface area contributed by atoms with Gasteiger partial charge in [0.1, 0.15) is 5.82 Å². The number of hydrogen-bond acceptors (Lipinski definition) is 6. The summed E-state index contributed by atoms with van der Waals surface area (Å²) >= 11 is 1.41. The van der Waals surface area contributed by atoms with Gasteiger partial charge in [0.2, 0.25) is 5.13 Å². The third-order valence-corrected chi connectivity index (χ3v) is 2.54. The molecule has 5 nitrogen and oxygen atoms in total. The molecule has 0 saturated heterocycles. The molecular weight excluding hydrogens is 212 g/mol. The van der Waals surface area contributed by atoms with Gasteiger partial charge in [-0.3, -0.25) is 0 Å². The molecule has 0 fully saturated rings. The van der Waals surface area contributed by atoms with Crippen LogP contribution in [-0.4, -0.2) is 55.2 Å². The van der Waals surface area contributed by atoms with Crippen molar-refractivity contribution >= 4 is 16.7 Å². The minimum absolute atomic E-state index is 0.687. The zero-order valence-corrected chi connectivity index (χ0v) is 10.3. The van der Waals surface area contributed by atoms with Gasteiger partial charge in [-0.25, -0.2) is 4.98 Å². The Balaban J connectivity index is 2.29. The highest BCUT2D eigenvalue weighted by Gasteiger charge is 2.03. The van der Waals surface area contributed by atoms with Gasteiger partial charge >= 0.3 is 0 Å². The molecule has 0 unspecified atom stereocenters. The Bertz CT molecular complexity index is 277. The summed E-state index contributed by atoms with van der Waals surface area (Å²) in [6.45, 7) is 2.44. The lowest BCUT2D eigenvalue weighted by Gasteiger charge is -2.05. The summed E-state index contributed by atoms with van der Waals surface area (Å²) in [5, 5.41) is 4.04. The van der Waals surface area contributed by atoms with E-state index >= 15 is 0 Å². The minimum Gasteiger partial charge on any atom is -0.383 e. The Kier molecular flexibility index (Phi) is 5.52. The number of aromatic nitrogens is 2. The smallest absolute Gasteiger partial charge is 0.202 e. The molecule has 86 valence electrons. The molecule has 1 aromatic rings. The Morgan fingerprint density at radius 3 is 2.93 bits per heavy atom. The maximum atomic E-state index is 4.94. The first-order valence-electron chi connectivity index (χ1n) is 4.92. The van der Waals surface area contributed by atoms with Crippen molar-refractivity contribution in [1.82, 2.24) is 14.3 Å². The Morgan fingerprint density at radius 2 is 2.27 bits per heavy atom. The van der Waals surface area contributed by atoms with Crippen LogP contribution in [0.1, 0.15) is 5.82 Å². The number of ether oxygens (including phenoxy) is 1. The molecule has 1 N–H and O–H groups in total. The second-order valence-corrected chi connectivity index (χ2v) is 4.24. The van der Waals surface area contributed by atoms with Gasteiger partial charge in [0.25, 0.3) is 0 Å². The summed E-state index contributed by atoms with van der Waals surface area (Å²) in [6.07, 6.45) is 0.898. The number of nitrogens with one attached hydrogen (secondary N) is 1. The molecule has 1 aromatic heterocycles. The summed E-state index contributed by atoms with van der Waals surface area (Å²) < 4.78 is 9.20. The van der Waals surface area contributed by atoms with Gasteiger partial charge in [-0.15, -0.1) is 0 Å². The summed E-state index contributed by atoms with van der Waals surface area (Å²) in [7, 11) is 5.78. The van der Waals surface area contributed by atoms with Crippen LogP contribution in [0.15, 0.2) is 0 Å². The monoisotopic (exact) mass is 230 g/mol. The van der Waals surface area contributed by atoms with Crippen molar-refractivity contribution in [2.45, 2.75) is 6.42 Å². The van der Waals surface area contributed by atoms with Crippen LogP contribution >= 0.6 is 11.5 Å². The Hall–Kier alpha value is -0.720. The standard InChI is InChI=1S/C9H18N4OS/c1-13(2)6-4-8-11-9(15-12-8)10-5-7-14-3/h4-7H2,1-3H3,(H,10,11,12). The zero-order valence-electron chi connectivity index (χ0n) is 9.49. The van der Waals surface area contributed by atoms with E-state index in [1.807, 2.05) is 14.1 Å². The van der Waals surface area contributed by atoms with Crippen LogP contribution in [0.25, 0.3) is 0 Å². The topological polar surface area (TPSA) is 50.3 Å². The third kappa shape index (κ3) is 5.06. The van der Waals surface area contributed by atoms with E-state index in [2.05, 4.69) is 19.6 Å². The Morgan fingerprint density at radius 1 is 1.47 bits per heavy atom. The first-order chi connectivity index (χ1) is 7.22. The van der Waals surface area contributed by atoms with E-state index in [-0.39, 0.29) is 0 Å². The zero-order chi connectivity index (χ0) is 11.1. The van der Waals surface area contributed by atoms with Crippen LogP contribution in [-0.2, 0) is 11.2 Å². The molecule has 0 atom stereocenters. The molecule has 0 radical (unpaired) electrons. The van der Waals surface area contributed by atoms with Gasteiger partial charge in [0.15, 0.2) is 0 Å². The molecule has 6 heteroatoms. The molecule has 0 saturated carbocycles. The van der Waals surface area contributed by atoms with E-state index in [1.54, 1.807) is 7.11 Å². The van der Waals surface area contributed by atoms with Crippen LogP contribution in [0.2, 0.25) is 0 Å². The maximum absolute atomic E-state index is 4.94. The van der Waals surface area contributed by atoms with Gasteiger partial charge in [-0.1, -0.05) is 0 Å². The summed E-state index contributed by atoms with van der Waals surface area (Å²) in [4.78, 5) is 6.49. The van der Waals surface area contributed by atoms with Gasteiger partial charge in [-0.05, 0) is 14.1 Å². The first kappa shape index (κ1) is 12.4. The highest BCUT2D eigenvalue weighted by molar-refractivity contribution is 7.09. The summed E-state index contributed by atoms with van der Waals surface area (Å²) in [5.41, 5.74) is 0. The molecule has 15 heavy (non-hydrogen) atoms. The molecular formula is C9H18N4OS. The van der Waals surface area contributed by atoms with E-state index in [0.717, 1.165) is 30.5 Å². The number of anilines is 1. The lowest BCUT2D eigenvalue weighted by Crippen LogP contribution is -2.15. The largest absolute Gasteiger partial charge is 0.383 e. The average Bonchev–Trinajstić information content (AvgIpc) is 2.63. The fraction of sp³-hybridized carbons (Fsp3) is 0.778.